The van der Waals surface area contributed by atoms with Gasteiger partial charge in [0.2, 0.25) is 0 Å². The zero-order valence-corrected chi connectivity index (χ0v) is 15.2. The van der Waals surface area contributed by atoms with Gasteiger partial charge in [-0.05, 0) is 57.2 Å². The minimum atomic E-state index is -0.538. The van der Waals surface area contributed by atoms with Crippen molar-refractivity contribution < 1.29 is 14.3 Å². The highest BCUT2D eigenvalue weighted by atomic mass is 16.5. The van der Waals surface area contributed by atoms with Crippen LogP contribution in [0.15, 0.2) is 36.4 Å². The summed E-state index contributed by atoms with van der Waals surface area (Å²) in [5, 5.41) is 5.60. The van der Waals surface area contributed by atoms with Crippen molar-refractivity contribution in [3.05, 3.63) is 53.3 Å². The lowest BCUT2D eigenvalue weighted by atomic mass is 10.1. The summed E-state index contributed by atoms with van der Waals surface area (Å²) in [6.07, 6.45) is -0.538. The lowest BCUT2D eigenvalue weighted by Crippen LogP contribution is -2.34. The number of hydrogen-bond acceptors (Lipinski definition) is 5. The van der Waals surface area contributed by atoms with Crippen LogP contribution in [-0.4, -0.2) is 27.9 Å². The lowest BCUT2D eigenvalue weighted by Gasteiger charge is -2.23. The molecule has 136 valence electrons. The third-order valence-electron chi connectivity index (χ3n) is 4.51. The highest BCUT2D eigenvalue weighted by molar-refractivity contribution is 6.06. The number of anilines is 2. The van der Waals surface area contributed by atoms with Crippen LogP contribution < -0.4 is 15.4 Å². The molecule has 4 rings (SSSR count). The fourth-order valence-corrected chi connectivity index (χ4v) is 2.86. The minimum absolute atomic E-state index is 0.218. The highest BCUT2D eigenvalue weighted by Gasteiger charge is 2.23. The molecule has 2 heterocycles. The summed E-state index contributed by atoms with van der Waals surface area (Å²) in [5.74, 6) is 0.0879. The number of carbonyl (C=O) groups is 2. The predicted molar refractivity (Wildman–Crippen MR) is 102 cm³/mol. The Labute approximate surface area is 155 Å². The van der Waals surface area contributed by atoms with Crippen molar-refractivity contribution in [2.45, 2.75) is 26.9 Å². The third-order valence-corrected chi connectivity index (χ3v) is 4.51. The van der Waals surface area contributed by atoms with E-state index in [9.17, 15) is 9.59 Å². The second-order valence-corrected chi connectivity index (χ2v) is 6.51. The second-order valence-electron chi connectivity index (χ2n) is 6.51. The molecule has 1 aliphatic heterocycles. The monoisotopic (exact) mass is 362 g/mol. The van der Waals surface area contributed by atoms with E-state index in [-0.39, 0.29) is 11.8 Å². The van der Waals surface area contributed by atoms with Gasteiger partial charge in [-0.1, -0.05) is 0 Å². The van der Waals surface area contributed by atoms with Crippen molar-refractivity contribution in [3.8, 4) is 5.75 Å². The maximum atomic E-state index is 12.6. The van der Waals surface area contributed by atoms with E-state index >= 15 is 0 Å². The van der Waals surface area contributed by atoms with E-state index in [1.165, 1.54) is 0 Å². The molecule has 0 saturated heterocycles. The lowest BCUT2D eigenvalue weighted by molar-refractivity contribution is -0.122. The molecule has 1 unspecified atom stereocenters. The van der Waals surface area contributed by atoms with Gasteiger partial charge < -0.3 is 15.4 Å². The summed E-state index contributed by atoms with van der Waals surface area (Å²) in [5.41, 5.74) is 4.69. The maximum absolute atomic E-state index is 12.6. The quantitative estimate of drug-likeness (QED) is 0.730. The third kappa shape index (κ3) is 3.19. The molecule has 0 spiro atoms. The van der Waals surface area contributed by atoms with Crippen LogP contribution in [0, 0.1) is 13.8 Å². The number of ether oxygens (including phenoxy) is 1. The van der Waals surface area contributed by atoms with E-state index in [4.69, 9.17) is 4.74 Å². The van der Waals surface area contributed by atoms with Crippen LogP contribution in [-0.2, 0) is 4.79 Å². The van der Waals surface area contributed by atoms with Gasteiger partial charge in [0.25, 0.3) is 11.8 Å². The molecule has 0 saturated carbocycles. The molecule has 2 N–H and O–H groups in total. The molecule has 7 heteroatoms. The van der Waals surface area contributed by atoms with Crippen LogP contribution in [0.5, 0.6) is 5.75 Å². The van der Waals surface area contributed by atoms with Gasteiger partial charge >= 0.3 is 0 Å². The maximum Gasteiger partial charge on any atom is 0.265 e. The van der Waals surface area contributed by atoms with E-state index in [1.807, 2.05) is 13.8 Å². The Balaban J connectivity index is 1.59. The molecule has 0 fully saturated rings. The number of nitrogens with zero attached hydrogens (tertiary/aromatic N) is 2. The van der Waals surface area contributed by atoms with Crippen molar-refractivity contribution in [3.63, 3.8) is 0 Å². The van der Waals surface area contributed by atoms with Crippen molar-refractivity contribution in [2.75, 3.05) is 10.6 Å². The van der Waals surface area contributed by atoms with Crippen LogP contribution >= 0.6 is 0 Å². The molecule has 0 radical (unpaired) electrons. The van der Waals surface area contributed by atoms with Crippen LogP contribution in [0.25, 0.3) is 11.0 Å². The molecule has 1 aromatic heterocycles. The number of amides is 2. The van der Waals surface area contributed by atoms with Gasteiger partial charge in [-0.3, -0.25) is 9.59 Å². The Morgan fingerprint density at radius 2 is 1.81 bits per heavy atom. The normalized spacial score (nSPS) is 15.7. The van der Waals surface area contributed by atoms with Crippen molar-refractivity contribution in [1.29, 1.82) is 0 Å². The summed E-state index contributed by atoms with van der Waals surface area (Å²) in [7, 11) is 0. The van der Waals surface area contributed by atoms with E-state index in [0.29, 0.717) is 28.2 Å². The zero-order valence-electron chi connectivity index (χ0n) is 15.2. The Kier molecular flexibility index (Phi) is 3.99. The van der Waals surface area contributed by atoms with Crippen molar-refractivity contribution in [1.82, 2.24) is 9.97 Å². The van der Waals surface area contributed by atoms with E-state index < -0.39 is 6.10 Å². The van der Waals surface area contributed by atoms with Crippen LogP contribution in [0.3, 0.4) is 0 Å². The predicted octanol–water partition coefficient (Wildman–Crippen LogP) is 3.22. The number of carbonyl (C=O) groups excluding carboxylic acids is 2. The molecule has 3 aromatic rings. The topological polar surface area (TPSA) is 93.2 Å². The molecule has 0 bridgehead atoms. The number of aryl methyl sites for hydroxylation is 2. The summed E-state index contributed by atoms with van der Waals surface area (Å²) >= 11 is 0. The molecule has 7 nitrogen and oxygen atoms in total. The molecule has 2 aromatic carbocycles. The van der Waals surface area contributed by atoms with Gasteiger partial charge in [-0.2, -0.15) is 0 Å². The van der Waals surface area contributed by atoms with Crippen molar-refractivity contribution >= 4 is 34.2 Å². The fraction of sp³-hybridized carbons (Fsp3) is 0.200. The zero-order chi connectivity index (χ0) is 19.1. The SMILES string of the molecule is Cc1nc2ccc(C(=O)Nc3ccc4c(c3)NC(=O)C(C)O4)cc2nc1C. The van der Waals surface area contributed by atoms with E-state index in [1.54, 1.807) is 43.3 Å². The first-order chi connectivity index (χ1) is 12.9. The Hall–Kier alpha value is -3.48. The van der Waals surface area contributed by atoms with E-state index in [0.717, 1.165) is 16.9 Å². The van der Waals surface area contributed by atoms with Crippen LogP contribution in [0.2, 0.25) is 0 Å². The van der Waals surface area contributed by atoms with Gasteiger partial charge in [0.1, 0.15) is 5.75 Å². The average molecular weight is 362 g/mol. The fourth-order valence-electron chi connectivity index (χ4n) is 2.86. The van der Waals surface area contributed by atoms with E-state index in [2.05, 4.69) is 20.6 Å². The minimum Gasteiger partial charge on any atom is -0.479 e. The second kappa shape index (κ2) is 6.35. The number of fused-ring (bicyclic) bond motifs is 2. The molecule has 2 amide bonds. The molecular weight excluding hydrogens is 344 g/mol. The number of rotatable bonds is 2. The smallest absolute Gasteiger partial charge is 0.265 e. The molecule has 1 aliphatic rings. The largest absolute Gasteiger partial charge is 0.479 e. The Morgan fingerprint density at radius 1 is 1.07 bits per heavy atom. The first kappa shape index (κ1) is 17.0. The van der Waals surface area contributed by atoms with Gasteiger partial charge in [0.05, 0.1) is 28.1 Å². The Morgan fingerprint density at radius 3 is 2.59 bits per heavy atom. The van der Waals surface area contributed by atoms with Crippen LogP contribution in [0.1, 0.15) is 28.7 Å². The van der Waals surface area contributed by atoms with Crippen LogP contribution in [0.4, 0.5) is 11.4 Å². The summed E-state index contributed by atoms with van der Waals surface area (Å²) in [4.78, 5) is 33.3. The summed E-state index contributed by atoms with van der Waals surface area (Å²) in [6.45, 7) is 5.47. The van der Waals surface area contributed by atoms with Gasteiger partial charge in [0.15, 0.2) is 6.10 Å². The first-order valence-electron chi connectivity index (χ1n) is 8.58. The van der Waals surface area contributed by atoms with Crippen molar-refractivity contribution in [2.24, 2.45) is 0 Å². The standard InChI is InChI=1S/C20H18N4O3/c1-10-11(2)22-16-8-13(4-6-15(16)21-10)20(26)23-14-5-7-18-17(9-14)24-19(25)12(3)27-18/h4-9,12H,1-3H3,(H,23,26)(H,24,25). The van der Waals surface area contributed by atoms with Gasteiger partial charge in [0, 0.05) is 11.3 Å². The summed E-state index contributed by atoms with van der Waals surface area (Å²) in [6, 6.07) is 10.3. The Bertz CT molecular complexity index is 1090. The van der Waals surface area contributed by atoms with Gasteiger partial charge in [-0.25, -0.2) is 9.97 Å². The molecule has 1 atom stereocenters. The number of hydrogen-bond donors (Lipinski definition) is 2. The van der Waals surface area contributed by atoms with Gasteiger partial charge in [-0.15, -0.1) is 0 Å². The average Bonchev–Trinajstić information content (AvgIpc) is 2.63. The first-order valence-corrected chi connectivity index (χ1v) is 8.58. The molecule has 27 heavy (non-hydrogen) atoms. The highest BCUT2D eigenvalue weighted by Crippen LogP contribution is 2.32. The number of nitrogens with one attached hydrogen (secondary N) is 2. The molecular formula is C20H18N4O3. The summed E-state index contributed by atoms with van der Waals surface area (Å²) < 4.78 is 5.52. The molecule has 0 aliphatic carbocycles. The number of aromatic nitrogens is 2. The number of benzene rings is 2.